The van der Waals surface area contributed by atoms with Crippen molar-refractivity contribution in [2.45, 2.75) is 29.5 Å². The van der Waals surface area contributed by atoms with Crippen LogP contribution in [-0.4, -0.2) is 6.04 Å². The van der Waals surface area contributed by atoms with Crippen LogP contribution in [0, 0.1) is 0 Å². The predicted molar refractivity (Wildman–Crippen MR) is 92.5 cm³/mol. The van der Waals surface area contributed by atoms with E-state index in [-0.39, 0.29) is 11.3 Å². The highest BCUT2D eigenvalue weighted by molar-refractivity contribution is 9.10. The molecule has 0 aromatic heterocycles. The standard InChI is InChI=1S/C16H17BrClNS/c1-2-15(19)16(13-8-3-4-9-14(13)18)20-12-7-5-6-11(17)10-12/h3-10,15-16H,2,19H2,1H3. The molecule has 4 heteroatoms. The van der Waals surface area contributed by atoms with Crippen LogP contribution in [0.1, 0.15) is 24.2 Å². The first-order valence-corrected chi connectivity index (χ1v) is 8.59. The van der Waals surface area contributed by atoms with Crippen molar-refractivity contribution in [3.8, 4) is 0 Å². The van der Waals surface area contributed by atoms with E-state index in [4.69, 9.17) is 17.3 Å². The number of thioether (sulfide) groups is 1. The fraction of sp³-hybridized carbons (Fsp3) is 0.250. The molecule has 20 heavy (non-hydrogen) atoms. The topological polar surface area (TPSA) is 26.0 Å². The van der Waals surface area contributed by atoms with E-state index in [1.54, 1.807) is 11.8 Å². The van der Waals surface area contributed by atoms with E-state index >= 15 is 0 Å². The third-order valence-corrected chi connectivity index (χ3v) is 5.35. The molecule has 106 valence electrons. The number of hydrogen-bond acceptors (Lipinski definition) is 2. The van der Waals surface area contributed by atoms with Crippen molar-refractivity contribution in [3.05, 3.63) is 63.6 Å². The lowest BCUT2D eigenvalue weighted by molar-refractivity contribution is 0.634. The number of hydrogen-bond donors (Lipinski definition) is 1. The van der Waals surface area contributed by atoms with Gasteiger partial charge >= 0.3 is 0 Å². The maximum atomic E-state index is 6.34. The van der Waals surface area contributed by atoms with Gasteiger partial charge in [0.25, 0.3) is 0 Å². The fourth-order valence-corrected chi connectivity index (χ4v) is 4.20. The largest absolute Gasteiger partial charge is 0.326 e. The second-order valence-electron chi connectivity index (χ2n) is 4.59. The van der Waals surface area contributed by atoms with Gasteiger partial charge < -0.3 is 5.73 Å². The molecular weight excluding hydrogens is 354 g/mol. The minimum Gasteiger partial charge on any atom is -0.326 e. The molecule has 0 spiro atoms. The van der Waals surface area contributed by atoms with Crippen molar-refractivity contribution in [1.29, 1.82) is 0 Å². The molecule has 2 atom stereocenters. The normalized spacial score (nSPS) is 14.0. The Morgan fingerprint density at radius 1 is 1.20 bits per heavy atom. The Morgan fingerprint density at radius 2 is 1.95 bits per heavy atom. The number of rotatable bonds is 5. The second kappa shape index (κ2) is 7.51. The molecule has 2 rings (SSSR count). The average Bonchev–Trinajstić information content (AvgIpc) is 2.45. The van der Waals surface area contributed by atoms with Gasteiger partial charge in [0.15, 0.2) is 0 Å². The van der Waals surface area contributed by atoms with Gasteiger partial charge in [0, 0.05) is 20.4 Å². The molecule has 2 unspecified atom stereocenters. The minimum absolute atomic E-state index is 0.0684. The summed E-state index contributed by atoms with van der Waals surface area (Å²) in [6.45, 7) is 2.11. The Kier molecular flexibility index (Phi) is 5.97. The van der Waals surface area contributed by atoms with Crippen LogP contribution in [0.3, 0.4) is 0 Å². The van der Waals surface area contributed by atoms with Gasteiger partial charge in [-0.05, 0) is 36.2 Å². The van der Waals surface area contributed by atoms with Crippen molar-refractivity contribution in [2.75, 3.05) is 0 Å². The number of benzene rings is 2. The molecule has 0 heterocycles. The molecule has 0 saturated carbocycles. The third kappa shape index (κ3) is 4.01. The van der Waals surface area contributed by atoms with Crippen LogP contribution < -0.4 is 5.73 Å². The molecule has 1 nitrogen and oxygen atoms in total. The molecule has 2 aromatic rings. The molecule has 2 N–H and O–H groups in total. The quantitative estimate of drug-likeness (QED) is 0.686. The highest BCUT2D eigenvalue weighted by atomic mass is 79.9. The van der Waals surface area contributed by atoms with Crippen molar-refractivity contribution in [3.63, 3.8) is 0 Å². The first kappa shape index (κ1) is 15.9. The van der Waals surface area contributed by atoms with Gasteiger partial charge in [-0.25, -0.2) is 0 Å². The maximum absolute atomic E-state index is 6.34. The van der Waals surface area contributed by atoms with E-state index < -0.39 is 0 Å². The van der Waals surface area contributed by atoms with Crippen LogP contribution in [0.15, 0.2) is 57.9 Å². The lowest BCUT2D eigenvalue weighted by Crippen LogP contribution is -2.25. The summed E-state index contributed by atoms with van der Waals surface area (Å²) < 4.78 is 1.07. The molecule has 0 aliphatic heterocycles. The first-order chi connectivity index (χ1) is 9.61. The van der Waals surface area contributed by atoms with Crippen LogP contribution in [0.5, 0.6) is 0 Å². The van der Waals surface area contributed by atoms with Gasteiger partial charge in [-0.15, -0.1) is 11.8 Å². The number of nitrogens with two attached hydrogens (primary N) is 1. The van der Waals surface area contributed by atoms with E-state index in [2.05, 4.69) is 41.1 Å². The average molecular weight is 371 g/mol. The van der Waals surface area contributed by atoms with Crippen molar-refractivity contribution < 1.29 is 0 Å². The summed E-state index contributed by atoms with van der Waals surface area (Å²) in [7, 11) is 0. The van der Waals surface area contributed by atoms with Crippen molar-refractivity contribution in [1.82, 2.24) is 0 Å². The summed E-state index contributed by atoms with van der Waals surface area (Å²) in [4.78, 5) is 1.19. The molecule has 0 saturated heterocycles. The summed E-state index contributed by atoms with van der Waals surface area (Å²) in [5.41, 5.74) is 7.42. The summed E-state index contributed by atoms with van der Waals surface area (Å²) in [6.07, 6.45) is 0.914. The highest BCUT2D eigenvalue weighted by Crippen LogP contribution is 2.41. The van der Waals surface area contributed by atoms with Crippen LogP contribution in [0.4, 0.5) is 0 Å². The predicted octanol–water partition coefficient (Wildman–Crippen LogP) is 5.67. The lowest BCUT2D eigenvalue weighted by Gasteiger charge is -2.24. The van der Waals surface area contributed by atoms with E-state index in [0.717, 1.165) is 21.5 Å². The van der Waals surface area contributed by atoms with Crippen LogP contribution >= 0.6 is 39.3 Å². The fourth-order valence-electron chi connectivity index (χ4n) is 1.99. The Labute approximate surface area is 138 Å². The van der Waals surface area contributed by atoms with E-state index in [1.165, 1.54) is 4.90 Å². The zero-order valence-electron chi connectivity index (χ0n) is 11.2. The van der Waals surface area contributed by atoms with Crippen LogP contribution in [0.25, 0.3) is 0 Å². The first-order valence-electron chi connectivity index (χ1n) is 6.54. The molecule has 2 aromatic carbocycles. The molecular formula is C16H17BrClNS. The van der Waals surface area contributed by atoms with Gasteiger partial charge in [0.1, 0.15) is 0 Å². The monoisotopic (exact) mass is 369 g/mol. The molecule has 0 fully saturated rings. The van der Waals surface area contributed by atoms with Gasteiger partial charge in [0.05, 0.1) is 5.25 Å². The summed E-state index contributed by atoms with van der Waals surface area (Å²) in [6, 6.07) is 16.3. The molecule has 0 amide bonds. The second-order valence-corrected chi connectivity index (χ2v) is 7.13. The lowest BCUT2D eigenvalue weighted by atomic mass is 10.0. The molecule has 0 aliphatic carbocycles. The smallest absolute Gasteiger partial charge is 0.0510 e. The van der Waals surface area contributed by atoms with E-state index in [9.17, 15) is 0 Å². The van der Waals surface area contributed by atoms with Gasteiger partial charge in [-0.1, -0.05) is 58.7 Å². The summed E-state index contributed by atoms with van der Waals surface area (Å²) in [5, 5.41) is 0.937. The Balaban J connectivity index is 2.32. The third-order valence-electron chi connectivity index (χ3n) is 3.13. The zero-order valence-corrected chi connectivity index (χ0v) is 14.4. The molecule has 0 aliphatic rings. The Bertz CT molecular complexity index is 576. The zero-order chi connectivity index (χ0) is 14.5. The summed E-state index contributed by atoms with van der Waals surface area (Å²) in [5.74, 6) is 0. The Hall–Kier alpha value is -0.480. The van der Waals surface area contributed by atoms with Gasteiger partial charge in [-0.3, -0.25) is 0 Å². The van der Waals surface area contributed by atoms with Gasteiger partial charge in [-0.2, -0.15) is 0 Å². The number of halogens is 2. The minimum atomic E-state index is 0.0684. The van der Waals surface area contributed by atoms with E-state index in [1.807, 2.05) is 30.3 Å². The van der Waals surface area contributed by atoms with E-state index in [0.29, 0.717) is 0 Å². The summed E-state index contributed by atoms with van der Waals surface area (Å²) >= 11 is 11.6. The van der Waals surface area contributed by atoms with Crippen LogP contribution in [-0.2, 0) is 0 Å². The highest BCUT2D eigenvalue weighted by Gasteiger charge is 2.22. The van der Waals surface area contributed by atoms with Crippen molar-refractivity contribution in [2.24, 2.45) is 5.73 Å². The molecule has 0 bridgehead atoms. The molecule has 0 radical (unpaired) electrons. The van der Waals surface area contributed by atoms with Crippen molar-refractivity contribution >= 4 is 39.3 Å². The Morgan fingerprint density at radius 3 is 2.60 bits per heavy atom. The maximum Gasteiger partial charge on any atom is 0.0510 e. The SMILES string of the molecule is CCC(N)C(Sc1cccc(Br)c1)c1ccccc1Cl. The van der Waals surface area contributed by atoms with Gasteiger partial charge in [0.2, 0.25) is 0 Å². The van der Waals surface area contributed by atoms with Crippen LogP contribution in [0.2, 0.25) is 5.02 Å².